The standard InChI is InChI=1S/C11H25N3O2S/c1-4-12-10-11-8-6-7-9-14(11)17(15,16)13(3)5-2/h11-12H,4-10H2,1-3H3. The van der Waals surface area contributed by atoms with Crippen LogP contribution in [0.5, 0.6) is 0 Å². The molecule has 0 amide bonds. The number of hydrogen-bond acceptors (Lipinski definition) is 3. The lowest BCUT2D eigenvalue weighted by molar-refractivity contribution is 0.232. The van der Waals surface area contributed by atoms with Gasteiger partial charge in [0.1, 0.15) is 0 Å². The second-order valence-corrected chi connectivity index (χ2v) is 6.48. The topological polar surface area (TPSA) is 52.7 Å². The molecule has 1 saturated heterocycles. The molecule has 5 nitrogen and oxygen atoms in total. The van der Waals surface area contributed by atoms with Crippen LogP contribution in [0, 0.1) is 0 Å². The minimum Gasteiger partial charge on any atom is -0.315 e. The van der Waals surface area contributed by atoms with Gasteiger partial charge in [0.2, 0.25) is 0 Å². The fourth-order valence-corrected chi connectivity index (χ4v) is 3.74. The van der Waals surface area contributed by atoms with Gasteiger partial charge in [0.25, 0.3) is 10.2 Å². The normalized spacial score (nSPS) is 23.2. The predicted octanol–water partition coefficient (Wildman–Crippen LogP) is 0.647. The largest absolute Gasteiger partial charge is 0.315 e. The van der Waals surface area contributed by atoms with Crippen molar-refractivity contribution in [3.63, 3.8) is 0 Å². The van der Waals surface area contributed by atoms with E-state index < -0.39 is 10.2 Å². The van der Waals surface area contributed by atoms with Crippen LogP contribution in [0.1, 0.15) is 33.1 Å². The molecule has 0 bridgehead atoms. The quantitative estimate of drug-likeness (QED) is 0.765. The summed E-state index contributed by atoms with van der Waals surface area (Å²) in [5, 5.41) is 3.25. The lowest BCUT2D eigenvalue weighted by atomic mass is 10.1. The first-order valence-electron chi connectivity index (χ1n) is 6.47. The molecule has 0 aromatic rings. The molecule has 1 fully saturated rings. The van der Waals surface area contributed by atoms with Crippen LogP contribution in [0.15, 0.2) is 0 Å². The molecule has 1 atom stereocenters. The highest BCUT2D eigenvalue weighted by Gasteiger charge is 2.33. The Morgan fingerprint density at radius 1 is 1.35 bits per heavy atom. The lowest BCUT2D eigenvalue weighted by Gasteiger charge is -2.36. The van der Waals surface area contributed by atoms with Crippen LogP contribution in [-0.4, -0.2) is 56.3 Å². The summed E-state index contributed by atoms with van der Waals surface area (Å²) in [4.78, 5) is 0. The van der Waals surface area contributed by atoms with Crippen LogP contribution in [0.3, 0.4) is 0 Å². The molecule has 1 aliphatic rings. The minimum atomic E-state index is -3.27. The molecule has 1 aliphatic heterocycles. The highest BCUT2D eigenvalue weighted by Crippen LogP contribution is 2.21. The van der Waals surface area contributed by atoms with E-state index in [9.17, 15) is 8.42 Å². The molecular weight excluding hydrogens is 238 g/mol. The summed E-state index contributed by atoms with van der Waals surface area (Å²) in [5.41, 5.74) is 0. The van der Waals surface area contributed by atoms with E-state index in [2.05, 4.69) is 5.32 Å². The van der Waals surface area contributed by atoms with Gasteiger partial charge in [-0.05, 0) is 19.4 Å². The monoisotopic (exact) mass is 263 g/mol. The van der Waals surface area contributed by atoms with Crippen LogP contribution >= 0.6 is 0 Å². The Morgan fingerprint density at radius 3 is 2.65 bits per heavy atom. The fourth-order valence-electron chi connectivity index (χ4n) is 2.13. The highest BCUT2D eigenvalue weighted by atomic mass is 32.2. The van der Waals surface area contributed by atoms with Crippen LogP contribution in [0.2, 0.25) is 0 Å². The van der Waals surface area contributed by atoms with Gasteiger partial charge in [0.05, 0.1) is 0 Å². The van der Waals surface area contributed by atoms with Crippen molar-refractivity contribution >= 4 is 10.2 Å². The Labute approximate surface area is 105 Å². The summed E-state index contributed by atoms with van der Waals surface area (Å²) in [6.45, 7) is 6.72. The summed E-state index contributed by atoms with van der Waals surface area (Å²) in [6, 6.07) is 0.114. The van der Waals surface area contributed by atoms with Crippen LogP contribution in [-0.2, 0) is 10.2 Å². The Balaban J connectivity index is 2.76. The van der Waals surface area contributed by atoms with Crippen molar-refractivity contribution in [1.82, 2.24) is 13.9 Å². The Hall–Kier alpha value is -0.170. The first-order chi connectivity index (χ1) is 8.04. The zero-order valence-corrected chi connectivity index (χ0v) is 12.0. The van der Waals surface area contributed by atoms with E-state index in [0.29, 0.717) is 13.1 Å². The molecular formula is C11H25N3O2S. The first kappa shape index (κ1) is 14.9. The number of piperidine rings is 1. The van der Waals surface area contributed by atoms with Crippen molar-refractivity contribution in [1.29, 1.82) is 0 Å². The van der Waals surface area contributed by atoms with E-state index in [-0.39, 0.29) is 6.04 Å². The zero-order valence-electron chi connectivity index (χ0n) is 11.1. The van der Waals surface area contributed by atoms with E-state index >= 15 is 0 Å². The first-order valence-corrected chi connectivity index (χ1v) is 7.87. The summed E-state index contributed by atoms with van der Waals surface area (Å²) in [5.74, 6) is 0. The van der Waals surface area contributed by atoms with E-state index in [0.717, 1.165) is 32.4 Å². The van der Waals surface area contributed by atoms with E-state index in [1.54, 1.807) is 11.4 Å². The van der Waals surface area contributed by atoms with E-state index in [1.165, 1.54) is 4.31 Å². The molecule has 0 spiro atoms. The van der Waals surface area contributed by atoms with Gasteiger partial charge >= 0.3 is 0 Å². The van der Waals surface area contributed by atoms with Gasteiger partial charge in [0.15, 0.2) is 0 Å². The summed E-state index contributed by atoms with van der Waals surface area (Å²) < 4.78 is 27.7. The zero-order chi connectivity index (χ0) is 12.9. The van der Waals surface area contributed by atoms with Gasteiger partial charge in [-0.1, -0.05) is 20.3 Å². The van der Waals surface area contributed by atoms with Gasteiger partial charge in [-0.3, -0.25) is 0 Å². The highest BCUT2D eigenvalue weighted by molar-refractivity contribution is 7.86. The van der Waals surface area contributed by atoms with Crippen LogP contribution in [0.4, 0.5) is 0 Å². The maximum Gasteiger partial charge on any atom is 0.282 e. The van der Waals surface area contributed by atoms with Gasteiger partial charge in [0, 0.05) is 32.7 Å². The number of rotatable bonds is 6. The van der Waals surface area contributed by atoms with Gasteiger partial charge in [-0.25, -0.2) is 0 Å². The van der Waals surface area contributed by atoms with Crippen molar-refractivity contribution in [3.05, 3.63) is 0 Å². The van der Waals surface area contributed by atoms with Gasteiger partial charge in [-0.15, -0.1) is 0 Å². The third kappa shape index (κ3) is 3.64. The number of likely N-dealkylation sites (N-methyl/N-ethyl adjacent to an activating group) is 1. The smallest absolute Gasteiger partial charge is 0.282 e. The van der Waals surface area contributed by atoms with Crippen molar-refractivity contribution in [2.24, 2.45) is 0 Å². The average Bonchev–Trinajstić information content (AvgIpc) is 2.35. The average molecular weight is 263 g/mol. The second kappa shape index (κ2) is 6.68. The molecule has 1 N–H and O–H groups in total. The van der Waals surface area contributed by atoms with Crippen molar-refractivity contribution < 1.29 is 8.42 Å². The summed E-state index contributed by atoms with van der Waals surface area (Å²) in [7, 11) is -1.62. The molecule has 0 saturated carbocycles. The molecule has 6 heteroatoms. The molecule has 0 radical (unpaired) electrons. The third-order valence-corrected chi connectivity index (χ3v) is 5.46. The van der Waals surface area contributed by atoms with E-state index in [4.69, 9.17) is 0 Å². The SMILES string of the molecule is CCNCC1CCCCN1S(=O)(=O)N(C)CC. The molecule has 102 valence electrons. The predicted molar refractivity (Wildman–Crippen MR) is 70.1 cm³/mol. The Bertz CT molecular complexity index is 319. The van der Waals surface area contributed by atoms with Crippen LogP contribution in [0.25, 0.3) is 0 Å². The molecule has 0 aliphatic carbocycles. The molecule has 1 unspecified atom stereocenters. The Morgan fingerprint density at radius 2 is 2.06 bits per heavy atom. The van der Waals surface area contributed by atoms with Crippen molar-refractivity contribution in [2.75, 3.05) is 33.2 Å². The molecule has 0 aromatic heterocycles. The van der Waals surface area contributed by atoms with Crippen molar-refractivity contribution in [2.45, 2.75) is 39.2 Å². The fraction of sp³-hybridized carbons (Fsp3) is 1.00. The van der Waals surface area contributed by atoms with Crippen molar-refractivity contribution in [3.8, 4) is 0 Å². The maximum absolute atomic E-state index is 12.3. The third-order valence-electron chi connectivity index (χ3n) is 3.34. The second-order valence-electron chi connectivity index (χ2n) is 4.49. The van der Waals surface area contributed by atoms with Crippen LogP contribution < -0.4 is 5.32 Å². The van der Waals surface area contributed by atoms with E-state index in [1.807, 2.05) is 13.8 Å². The molecule has 1 heterocycles. The molecule has 0 aromatic carbocycles. The van der Waals surface area contributed by atoms with Gasteiger partial charge < -0.3 is 5.32 Å². The maximum atomic E-state index is 12.3. The number of nitrogens with one attached hydrogen (secondary N) is 1. The number of nitrogens with zero attached hydrogens (tertiary/aromatic N) is 2. The number of hydrogen-bond donors (Lipinski definition) is 1. The Kier molecular flexibility index (Phi) is 5.85. The van der Waals surface area contributed by atoms with Gasteiger partial charge in [-0.2, -0.15) is 17.0 Å². The molecule has 17 heavy (non-hydrogen) atoms. The lowest BCUT2D eigenvalue weighted by Crippen LogP contribution is -2.52. The molecule has 1 rings (SSSR count). The summed E-state index contributed by atoms with van der Waals surface area (Å²) in [6.07, 6.45) is 3.06. The minimum absolute atomic E-state index is 0.114. The summed E-state index contributed by atoms with van der Waals surface area (Å²) >= 11 is 0.